The van der Waals surface area contributed by atoms with Gasteiger partial charge >= 0.3 is 0 Å². The van der Waals surface area contributed by atoms with Gasteiger partial charge in [-0.05, 0) is 5.75 Å². The number of hydrogen-bond acceptors (Lipinski definition) is 1. The van der Waals surface area contributed by atoms with E-state index in [-0.39, 0.29) is 0 Å². The van der Waals surface area contributed by atoms with Crippen LogP contribution >= 0.6 is 11.8 Å². The number of fused-ring (bicyclic) bond motifs is 1. The summed E-state index contributed by atoms with van der Waals surface area (Å²) in [5, 5.41) is 4.08. The van der Waals surface area contributed by atoms with E-state index in [9.17, 15) is 0 Å². The van der Waals surface area contributed by atoms with Crippen molar-refractivity contribution in [2.45, 2.75) is 11.9 Å². The van der Waals surface area contributed by atoms with Crippen LogP contribution in [0.5, 0.6) is 0 Å². The summed E-state index contributed by atoms with van der Waals surface area (Å²) < 4.78 is 2.21. The van der Waals surface area contributed by atoms with Crippen molar-refractivity contribution in [2.24, 2.45) is 7.05 Å². The summed E-state index contributed by atoms with van der Waals surface area (Å²) in [5.41, 5.74) is 0. The zero-order valence-electron chi connectivity index (χ0n) is 7.95. The molecule has 0 fully saturated rings. The number of benzene rings is 1. The average Bonchev–Trinajstić information content (AvgIpc) is 2.44. The smallest absolute Gasteiger partial charge is 0.0825 e. The molecule has 0 aliphatic rings. The molecule has 0 amide bonds. The molecule has 1 aromatic heterocycles. The minimum Gasteiger partial charge on any atom is -0.345 e. The van der Waals surface area contributed by atoms with Crippen LogP contribution in [0.25, 0.3) is 10.8 Å². The molecule has 13 heavy (non-hydrogen) atoms. The van der Waals surface area contributed by atoms with Crippen LogP contribution in [0.3, 0.4) is 0 Å². The van der Waals surface area contributed by atoms with Crippen molar-refractivity contribution in [1.29, 1.82) is 0 Å². The molecule has 0 atom stereocenters. The van der Waals surface area contributed by atoms with Gasteiger partial charge in [0, 0.05) is 24.0 Å². The van der Waals surface area contributed by atoms with Gasteiger partial charge in [0.2, 0.25) is 0 Å². The maximum absolute atomic E-state index is 2.21. The summed E-state index contributed by atoms with van der Waals surface area (Å²) in [7, 11) is 2.11. The number of hydrogen-bond donors (Lipinski definition) is 0. The highest BCUT2D eigenvalue weighted by atomic mass is 32.2. The molecule has 2 aromatic rings. The molecular formula is C11H13NS. The van der Waals surface area contributed by atoms with Crippen molar-refractivity contribution in [1.82, 2.24) is 4.57 Å². The zero-order valence-corrected chi connectivity index (χ0v) is 8.77. The number of rotatable bonds is 2. The van der Waals surface area contributed by atoms with Crippen LogP contribution in [-0.2, 0) is 7.05 Å². The largest absolute Gasteiger partial charge is 0.345 e. The number of aryl methyl sites for hydroxylation is 1. The maximum atomic E-state index is 2.21. The molecule has 0 saturated heterocycles. The van der Waals surface area contributed by atoms with E-state index in [0.717, 1.165) is 5.75 Å². The van der Waals surface area contributed by atoms with Gasteiger partial charge in [0.15, 0.2) is 0 Å². The molecule has 0 aliphatic heterocycles. The first-order valence-electron chi connectivity index (χ1n) is 4.49. The van der Waals surface area contributed by atoms with Crippen LogP contribution in [0.2, 0.25) is 0 Å². The van der Waals surface area contributed by atoms with Crippen LogP contribution < -0.4 is 0 Å². The molecule has 1 nitrogen and oxygen atoms in total. The van der Waals surface area contributed by atoms with Gasteiger partial charge < -0.3 is 4.57 Å². The third-order valence-corrected chi connectivity index (χ3v) is 3.20. The van der Waals surface area contributed by atoms with Gasteiger partial charge in [-0.3, -0.25) is 0 Å². The first-order valence-corrected chi connectivity index (χ1v) is 5.48. The Labute approximate surface area is 82.8 Å². The first kappa shape index (κ1) is 8.70. The Balaban J connectivity index is 2.64. The molecule has 68 valence electrons. The summed E-state index contributed by atoms with van der Waals surface area (Å²) >= 11 is 1.90. The maximum Gasteiger partial charge on any atom is 0.0825 e. The lowest BCUT2D eigenvalue weighted by atomic mass is 10.2. The lowest BCUT2D eigenvalue weighted by Crippen LogP contribution is -1.86. The third kappa shape index (κ3) is 1.46. The van der Waals surface area contributed by atoms with Gasteiger partial charge in [-0.1, -0.05) is 31.2 Å². The Hall–Kier alpha value is -0.890. The van der Waals surface area contributed by atoms with E-state index in [1.165, 1.54) is 15.8 Å². The highest BCUT2D eigenvalue weighted by Gasteiger charge is 2.04. The van der Waals surface area contributed by atoms with Crippen molar-refractivity contribution in [3.8, 4) is 0 Å². The third-order valence-electron chi connectivity index (χ3n) is 2.13. The van der Waals surface area contributed by atoms with E-state index < -0.39 is 0 Å². The van der Waals surface area contributed by atoms with Crippen LogP contribution in [0, 0.1) is 0 Å². The second-order valence-corrected chi connectivity index (χ2v) is 4.32. The topological polar surface area (TPSA) is 4.93 Å². The molecule has 2 heteroatoms. The second kappa shape index (κ2) is 3.46. The fourth-order valence-corrected chi connectivity index (χ4v) is 2.45. The molecule has 0 aliphatic carbocycles. The zero-order chi connectivity index (χ0) is 9.26. The minimum absolute atomic E-state index is 1.13. The average molecular weight is 191 g/mol. The molecule has 0 saturated carbocycles. The second-order valence-electron chi connectivity index (χ2n) is 3.07. The van der Waals surface area contributed by atoms with E-state index in [4.69, 9.17) is 0 Å². The van der Waals surface area contributed by atoms with Crippen molar-refractivity contribution in [2.75, 3.05) is 5.75 Å². The summed E-state index contributed by atoms with van der Waals surface area (Å²) in [6, 6.07) is 8.53. The molecule has 0 spiro atoms. The summed E-state index contributed by atoms with van der Waals surface area (Å²) in [6.45, 7) is 2.19. The van der Waals surface area contributed by atoms with Crippen LogP contribution in [-0.4, -0.2) is 10.3 Å². The molecule has 1 aromatic carbocycles. The van der Waals surface area contributed by atoms with E-state index >= 15 is 0 Å². The SMILES string of the molecule is CCSc1c2ccccc2cn1C. The molecule has 1 heterocycles. The predicted molar refractivity (Wildman–Crippen MR) is 59.3 cm³/mol. The number of thioether (sulfide) groups is 1. The lowest BCUT2D eigenvalue weighted by molar-refractivity contribution is 0.838. The molecular weight excluding hydrogens is 178 g/mol. The molecule has 0 unspecified atom stereocenters. The molecule has 0 radical (unpaired) electrons. The lowest BCUT2D eigenvalue weighted by Gasteiger charge is -2.00. The van der Waals surface area contributed by atoms with Crippen molar-refractivity contribution < 1.29 is 0 Å². The highest BCUT2D eigenvalue weighted by molar-refractivity contribution is 7.99. The van der Waals surface area contributed by atoms with Crippen molar-refractivity contribution >= 4 is 22.5 Å². The summed E-state index contributed by atoms with van der Waals surface area (Å²) in [5.74, 6) is 1.13. The Morgan fingerprint density at radius 2 is 2.08 bits per heavy atom. The van der Waals surface area contributed by atoms with Gasteiger partial charge in [0.1, 0.15) is 0 Å². The summed E-state index contributed by atoms with van der Waals surface area (Å²) in [4.78, 5) is 0. The Morgan fingerprint density at radius 3 is 2.85 bits per heavy atom. The van der Waals surface area contributed by atoms with E-state index in [1.54, 1.807) is 0 Å². The van der Waals surface area contributed by atoms with Gasteiger partial charge in [0.25, 0.3) is 0 Å². The fraction of sp³-hybridized carbons (Fsp3) is 0.273. The van der Waals surface area contributed by atoms with Crippen molar-refractivity contribution in [3.63, 3.8) is 0 Å². The van der Waals surface area contributed by atoms with Crippen molar-refractivity contribution in [3.05, 3.63) is 30.5 Å². The molecule has 0 bridgehead atoms. The van der Waals surface area contributed by atoms with Crippen LogP contribution in [0.1, 0.15) is 6.92 Å². The quantitative estimate of drug-likeness (QED) is 0.659. The Bertz CT molecular complexity index is 417. The van der Waals surface area contributed by atoms with Gasteiger partial charge in [-0.25, -0.2) is 0 Å². The van der Waals surface area contributed by atoms with E-state index in [2.05, 4.69) is 49.0 Å². The summed E-state index contributed by atoms with van der Waals surface area (Å²) in [6.07, 6.45) is 2.19. The minimum atomic E-state index is 1.13. The van der Waals surface area contributed by atoms with Crippen LogP contribution in [0.4, 0.5) is 0 Å². The Kier molecular flexibility index (Phi) is 2.32. The van der Waals surface area contributed by atoms with E-state index in [1.807, 2.05) is 11.8 Å². The predicted octanol–water partition coefficient (Wildman–Crippen LogP) is 3.29. The first-order chi connectivity index (χ1) is 6.33. The van der Waals surface area contributed by atoms with E-state index in [0.29, 0.717) is 0 Å². The highest BCUT2D eigenvalue weighted by Crippen LogP contribution is 2.28. The van der Waals surface area contributed by atoms with Crippen LogP contribution in [0.15, 0.2) is 35.5 Å². The Morgan fingerprint density at radius 1 is 1.31 bits per heavy atom. The van der Waals surface area contributed by atoms with Gasteiger partial charge in [-0.2, -0.15) is 0 Å². The number of aromatic nitrogens is 1. The monoisotopic (exact) mass is 191 g/mol. The van der Waals surface area contributed by atoms with Gasteiger partial charge in [-0.15, -0.1) is 11.8 Å². The fourth-order valence-electron chi connectivity index (χ4n) is 1.58. The normalized spacial score (nSPS) is 10.9. The standard InChI is InChI=1S/C11H13NS/c1-3-13-11-10-7-5-4-6-9(10)8-12(11)2/h4-8H,3H2,1-2H3. The molecule has 0 N–H and O–H groups in total. The number of nitrogens with zero attached hydrogens (tertiary/aromatic N) is 1. The van der Waals surface area contributed by atoms with Gasteiger partial charge in [0.05, 0.1) is 5.03 Å². The molecule has 2 rings (SSSR count).